The number of nitrogens with zero attached hydrogens (tertiary/aromatic N) is 2. The van der Waals surface area contributed by atoms with Crippen molar-refractivity contribution >= 4 is 21.6 Å². The van der Waals surface area contributed by atoms with E-state index in [-0.39, 0.29) is 12.4 Å². The maximum absolute atomic E-state index is 13.0. The smallest absolute Gasteiger partial charge is 0.152 e. The number of hydrogen-bond donors (Lipinski definition) is 1. The van der Waals surface area contributed by atoms with Crippen LogP contribution in [-0.4, -0.2) is 14.5 Å². The van der Waals surface area contributed by atoms with Crippen LogP contribution in [0.15, 0.2) is 41.0 Å². The van der Waals surface area contributed by atoms with Gasteiger partial charge >= 0.3 is 0 Å². The van der Waals surface area contributed by atoms with Crippen molar-refractivity contribution < 1.29 is 9.50 Å². The minimum Gasteiger partial charge on any atom is -0.390 e. The average Bonchev–Trinajstić information content (AvgIpc) is 2.78. The zero-order chi connectivity index (χ0) is 14.3. The molecule has 0 fully saturated rings. The lowest BCUT2D eigenvalue weighted by atomic mass is 10.1. The summed E-state index contributed by atoms with van der Waals surface area (Å²) in [6, 6.07) is 8.08. The predicted molar refractivity (Wildman–Crippen MR) is 78.9 cm³/mol. The zero-order valence-electron chi connectivity index (χ0n) is 10.8. The molecule has 0 aliphatic heterocycles. The lowest BCUT2D eigenvalue weighted by Crippen LogP contribution is -1.95. The maximum atomic E-state index is 13.0. The zero-order valence-corrected chi connectivity index (χ0v) is 12.4. The summed E-state index contributed by atoms with van der Waals surface area (Å²) in [6.07, 6.45) is 1.92. The van der Waals surface area contributed by atoms with Crippen LogP contribution in [0.1, 0.15) is 11.3 Å². The Kier molecular flexibility index (Phi) is 3.31. The van der Waals surface area contributed by atoms with E-state index >= 15 is 0 Å². The molecule has 0 bridgehead atoms. The van der Waals surface area contributed by atoms with Gasteiger partial charge in [-0.15, -0.1) is 0 Å². The second kappa shape index (κ2) is 5.00. The van der Waals surface area contributed by atoms with Gasteiger partial charge in [0.1, 0.15) is 5.82 Å². The first-order chi connectivity index (χ1) is 9.60. The van der Waals surface area contributed by atoms with Gasteiger partial charge in [-0.2, -0.15) is 0 Å². The maximum Gasteiger partial charge on any atom is 0.152 e. The number of aryl methyl sites for hydroxylation is 1. The summed E-state index contributed by atoms with van der Waals surface area (Å²) < 4.78 is 15.7. The van der Waals surface area contributed by atoms with Crippen LogP contribution in [0.25, 0.3) is 16.9 Å². The molecular formula is C15H12BrFN2O. The largest absolute Gasteiger partial charge is 0.390 e. The highest BCUT2D eigenvalue weighted by Crippen LogP contribution is 2.28. The van der Waals surface area contributed by atoms with Crippen LogP contribution >= 0.6 is 15.9 Å². The molecule has 0 saturated carbocycles. The van der Waals surface area contributed by atoms with E-state index in [4.69, 9.17) is 0 Å². The van der Waals surface area contributed by atoms with Crippen LogP contribution < -0.4 is 0 Å². The van der Waals surface area contributed by atoms with Crippen LogP contribution in [0, 0.1) is 12.7 Å². The summed E-state index contributed by atoms with van der Waals surface area (Å²) in [6.45, 7) is 1.84. The summed E-state index contributed by atoms with van der Waals surface area (Å²) in [5.41, 5.74) is 3.93. The van der Waals surface area contributed by atoms with E-state index in [9.17, 15) is 9.50 Å². The number of aromatic nitrogens is 2. The van der Waals surface area contributed by atoms with Crippen LogP contribution in [0.5, 0.6) is 0 Å². The third kappa shape index (κ3) is 2.13. The number of imidazole rings is 1. The first kappa shape index (κ1) is 13.3. The van der Waals surface area contributed by atoms with Crippen molar-refractivity contribution in [2.24, 2.45) is 0 Å². The van der Waals surface area contributed by atoms with Crippen LogP contribution in [0.4, 0.5) is 4.39 Å². The molecule has 1 aromatic carbocycles. The van der Waals surface area contributed by atoms with E-state index in [2.05, 4.69) is 20.9 Å². The first-order valence-corrected chi connectivity index (χ1v) is 6.93. The molecule has 0 atom stereocenters. The van der Waals surface area contributed by atoms with Crippen LogP contribution in [0.2, 0.25) is 0 Å². The van der Waals surface area contributed by atoms with E-state index in [0.717, 1.165) is 21.2 Å². The van der Waals surface area contributed by atoms with E-state index in [1.807, 2.05) is 23.6 Å². The van der Waals surface area contributed by atoms with Gasteiger partial charge in [0.25, 0.3) is 0 Å². The predicted octanol–water partition coefficient (Wildman–Crippen LogP) is 3.70. The molecule has 3 aromatic rings. The summed E-state index contributed by atoms with van der Waals surface area (Å²) in [4.78, 5) is 4.56. The second-order valence-corrected chi connectivity index (χ2v) is 5.49. The molecule has 2 heterocycles. The summed E-state index contributed by atoms with van der Waals surface area (Å²) in [5, 5.41) is 9.65. The quantitative estimate of drug-likeness (QED) is 0.775. The molecule has 0 saturated heterocycles. The van der Waals surface area contributed by atoms with Gasteiger partial charge in [-0.05, 0) is 58.7 Å². The Morgan fingerprint density at radius 2 is 2.00 bits per heavy atom. The molecule has 102 valence electrons. The third-order valence-electron chi connectivity index (χ3n) is 3.18. The van der Waals surface area contributed by atoms with Gasteiger partial charge in [-0.1, -0.05) is 0 Å². The van der Waals surface area contributed by atoms with Gasteiger partial charge in [-0.3, -0.25) is 4.40 Å². The molecule has 0 aliphatic carbocycles. The average molecular weight is 335 g/mol. The highest BCUT2D eigenvalue weighted by molar-refractivity contribution is 9.10. The Bertz CT molecular complexity index is 781. The molecule has 3 nitrogen and oxygen atoms in total. The van der Waals surface area contributed by atoms with Gasteiger partial charge in [-0.25, -0.2) is 9.37 Å². The lowest BCUT2D eigenvalue weighted by molar-refractivity contribution is 0.276. The molecule has 0 spiro atoms. The Morgan fingerprint density at radius 3 is 2.65 bits per heavy atom. The Hall–Kier alpha value is -1.72. The monoisotopic (exact) mass is 334 g/mol. The Labute approximate surface area is 123 Å². The molecule has 0 unspecified atom stereocenters. The molecule has 20 heavy (non-hydrogen) atoms. The van der Waals surface area contributed by atoms with Crippen molar-refractivity contribution in [3.05, 3.63) is 58.1 Å². The SMILES string of the molecule is Cc1cc(Br)c2nc(-c3ccc(F)cc3)c(CO)n2c1. The van der Waals surface area contributed by atoms with Gasteiger partial charge in [0.05, 0.1) is 22.5 Å². The number of benzene rings is 1. The molecular weight excluding hydrogens is 323 g/mol. The van der Waals surface area contributed by atoms with Gasteiger partial charge < -0.3 is 5.11 Å². The molecule has 5 heteroatoms. The van der Waals surface area contributed by atoms with Crippen LogP contribution in [0.3, 0.4) is 0 Å². The molecule has 3 rings (SSSR count). The van der Waals surface area contributed by atoms with E-state index in [1.54, 1.807) is 12.1 Å². The number of aliphatic hydroxyl groups excluding tert-OH is 1. The fraction of sp³-hybridized carbons (Fsp3) is 0.133. The number of pyridine rings is 1. The van der Waals surface area contributed by atoms with Crippen molar-refractivity contribution in [1.29, 1.82) is 0 Å². The number of aliphatic hydroxyl groups is 1. The number of rotatable bonds is 2. The van der Waals surface area contributed by atoms with Gasteiger partial charge in [0.2, 0.25) is 0 Å². The fourth-order valence-corrected chi connectivity index (χ4v) is 2.91. The topological polar surface area (TPSA) is 37.5 Å². The highest BCUT2D eigenvalue weighted by atomic mass is 79.9. The van der Waals surface area contributed by atoms with Crippen molar-refractivity contribution in [2.75, 3.05) is 0 Å². The number of halogens is 2. The van der Waals surface area contributed by atoms with Crippen molar-refractivity contribution in [1.82, 2.24) is 9.38 Å². The highest BCUT2D eigenvalue weighted by Gasteiger charge is 2.15. The summed E-state index contributed by atoms with van der Waals surface area (Å²) in [5.74, 6) is -0.292. The molecule has 0 aliphatic rings. The molecule has 2 aromatic heterocycles. The second-order valence-electron chi connectivity index (χ2n) is 4.63. The van der Waals surface area contributed by atoms with Gasteiger partial charge in [0, 0.05) is 11.8 Å². The van der Waals surface area contributed by atoms with Crippen molar-refractivity contribution in [3.63, 3.8) is 0 Å². The van der Waals surface area contributed by atoms with Gasteiger partial charge in [0.15, 0.2) is 5.65 Å². The number of hydrogen-bond acceptors (Lipinski definition) is 2. The normalized spacial score (nSPS) is 11.2. The van der Waals surface area contributed by atoms with Crippen molar-refractivity contribution in [2.45, 2.75) is 13.5 Å². The Balaban J connectivity index is 2.30. The summed E-state index contributed by atoms with van der Waals surface area (Å²) in [7, 11) is 0. The first-order valence-electron chi connectivity index (χ1n) is 6.14. The Morgan fingerprint density at radius 1 is 1.30 bits per heavy atom. The summed E-state index contributed by atoms with van der Waals surface area (Å²) >= 11 is 3.48. The molecule has 0 amide bonds. The van der Waals surface area contributed by atoms with E-state index in [0.29, 0.717) is 11.4 Å². The fourth-order valence-electron chi connectivity index (χ4n) is 2.27. The van der Waals surface area contributed by atoms with Crippen LogP contribution in [-0.2, 0) is 6.61 Å². The lowest BCUT2D eigenvalue weighted by Gasteiger charge is -2.03. The minimum atomic E-state index is -0.292. The van der Waals surface area contributed by atoms with E-state index < -0.39 is 0 Å². The minimum absolute atomic E-state index is 0.135. The standard InChI is InChI=1S/C15H12BrFN2O/c1-9-6-12(16)15-18-14(13(8-20)19(15)7-9)10-2-4-11(17)5-3-10/h2-7,20H,8H2,1H3. The van der Waals surface area contributed by atoms with Crippen molar-refractivity contribution in [3.8, 4) is 11.3 Å². The molecule has 1 N–H and O–H groups in total. The number of fused-ring (bicyclic) bond motifs is 1. The van der Waals surface area contributed by atoms with E-state index in [1.165, 1.54) is 12.1 Å². The molecule has 0 radical (unpaired) electrons. The third-order valence-corrected chi connectivity index (χ3v) is 3.76.